The normalized spacial score (nSPS) is 14.4. The number of carbonyl (C=O) groups excluding carboxylic acids is 1. The molecule has 25 heavy (non-hydrogen) atoms. The molecule has 0 atom stereocenters. The summed E-state index contributed by atoms with van der Waals surface area (Å²) in [5, 5.41) is 4.22. The maximum Gasteiger partial charge on any atom is 0.278 e. The quantitative estimate of drug-likeness (QED) is 0.831. The van der Waals surface area contributed by atoms with Crippen LogP contribution in [0.1, 0.15) is 17.4 Å². The van der Waals surface area contributed by atoms with Gasteiger partial charge in [0.15, 0.2) is 5.69 Å². The number of aromatic nitrogens is 2. The lowest BCUT2D eigenvalue weighted by atomic mass is 10.3. The summed E-state index contributed by atoms with van der Waals surface area (Å²) in [5.74, 6) is 1.13. The summed E-state index contributed by atoms with van der Waals surface area (Å²) < 4.78 is 20.0. The summed E-state index contributed by atoms with van der Waals surface area (Å²) in [4.78, 5) is 26.7. The van der Waals surface area contributed by atoms with Crippen LogP contribution in [0, 0.1) is 5.82 Å². The summed E-state index contributed by atoms with van der Waals surface area (Å²) in [6.07, 6.45) is 0. The molecule has 0 unspecified atom stereocenters. The van der Waals surface area contributed by atoms with E-state index in [-0.39, 0.29) is 23.3 Å². The molecule has 1 aromatic carbocycles. The Morgan fingerprint density at radius 2 is 1.96 bits per heavy atom. The number of carbonyl (C=O) groups is 1. The predicted octanol–water partition coefficient (Wildman–Crippen LogP) is 1.96. The molecule has 0 N–H and O–H groups in total. The molecular formula is C17H18FN3O3S. The summed E-state index contributed by atoms with van der Waals surface area (Å²) in [6, 6.07) is 6.86. The van der Waals surface area contributed by atoms with Crippen LogP contribution in [-0.2, 0) is 0 Å². The smallest absolute Gasteiger partial charge is 0.278 e. The van der Waals surface area contributed by atoms with E-state index in [1.54, 1.807) is 23.6 Å². The minimum absolute atomic E-state index is 0.153. The molecule has 1 saturated heterocycles. The fourth-order valence-corrected chi connectivity index (χ4v) is 3.43. The van der Waals surface area contributed by atoms with Gasteiger partial charge in [0.25, 0.3) is 5.91 Å². The van der Waals surface area contributed by atoms with Crippen molar-refractivity contribution in [2.75, 3.05) is 31.2 Å². The van der Waals surface area contributed by atoms with Crippen molar-refractivity contribution in [1.82, 2.24) is 14.7 Å². The topological polar surface area (TPSA) is 64.4 Å². The Labute approximate surface area is 148 Å². The first-order valence-corrected chi connectivity index (χ1v) is 9.15. The van der Waals surface area contributed by atoms with Gasteiger partial charge in [0.1, 0.15) is 5.82 Å². The molecule has 1 aliphatic heterocycles. The third-order valence-electron chi connectivity index (χ3n) is 3.76. The van der Waals surface area contributed by atoms with Crippen LogP contribution >= 0.6 is 11.8 Å². The second kappa shape index (κ2) is 7.69. The molecule has 0 spiro atoms. The lowest BCUT2D eigenvalue weighted by Gasteiger charge is -2.26. The molecule has 0 bridgehead atoms. The van der Waals surface area contributed by atoms with Gasteiger partial charge in [-0.05, 0) is 31.2 Å². The highest BCUT2D eigenvalue weighted by atomic mass is 32.2. The van der Waals surface area contributed by atoms with Gasteiger partial charge in [0.2, 0.25) is 11.3 Å². The van der Waals surface area contributed by atoms with Gasteiger partial charge >= 0.3 is 0 Å². The second-order valence-corrected chi connectivity index (χ2v) is 6.65. The predicted molar refractivity (Wildman–Crippen MR) is 94.2 cm³/mol. The highest BCUT2D eigenvalue weighted by Crippen LogP contribution is 2.17. The van der Waals surface area contributed by atoms with Crippen LogP contribution < -0.4 is 10.2 Å². The Balaban J connectivity index is 2.04. The number of nitrogens with zero attached hydrogens (tertiary/aromatic N) is 3. The maximum absolute atomic E-state index is 13.2. The first-order chi connectivity index (χ1) is 12.1. The van der Waals surface area contributed by atoms with Crippen LogP contribution in [0.3, 0.4) is 0 Å². The molecule has 1 amide bonds. The number of benzene rings is 1. The maximum atomic E-state index is 13.2. The Morgan fingerprint density at radius 3 is 2.60 bits per heavy atom. The Morgan fingerprint density at radius 1 is 1.28 bits per heavy atom. The van der Waals surface area contributed by atoms with Crippen LogP contribution in [0.25, 0.3) is 5.69 Å². The van der Waals surface area contributed by atoms with Crippen molar-refractivity contribution in [3.63, 3.8) is 0 Å². The molecule has 0 radical (unpaired) electrons. The van der Waals surface area contributed by atoms with Gasteiger partial charge in [0.05, 0.1) is 18.4 Å². The molecule has 8 heteroatoms. The van der Waals surface area contributed by atoms with Gasteiger partial charge in [-0.3, -0.25) is 9.59 Å². The van der Waals surface area contributed by atoms with Crippen LogP contribution in [0.15, 0.2) is 35.1 Å². The molecule has 1 fully saturated rings. The summed E-state index contributed by atoms with van der Waals surface area (Å²) in [5.41, 5.74) is -0.127. The van der Waals surface area contributed by atoms with E-state index >= 15 is 0 Å². The van der Waals surface area contributed by atoms with E-state index in [1.165, 1.54) is 35.0 Å². The zero-order chi connectivity index (χ0) is 17.8. The molecule has 2 heterocycles. The van der Waals surface area contributed by atoms with Gasteiger partial charge in [-0.15, -0.1) is 0 Å². The number of hydrogen-bond acceptors (Lipinski definition) is 5. The molecule has 1 aromatic heterocycles. The summed E-state index contributed by atoms with van der Waals surface area (Å²) >= 11 is 1.77. The molecular weight excluding hydrogens is 345 g/mol. The number of amides is 1. The van der Waals surface area contributed by atoms with Crippen molar-refractivity contribution in [1.29, 1.82) is 0 Å². The highest BCUT2D eigenvalue weighted by Gasteiger charge is 2.24. The van der Waals surface area contributed by atoms with E-state index in [2.05, 4.69) is 5.10 Å². The van der Waals surface area contributed by atoms with E-state index in [0.29, 0.717) is 25.4 Å². The average Bonchev–Trinajstić information content (AvgIpc) is 2.63. The van der Waals surface area contributed by atoms with Crippen molar-refractivity contribution in [2.45, 2.75) is 6.92 Å². The number of thioether (sulfide) groups is 1. The first kappa shape index (κ1) is 17.5. The largest absolute Gasteiger partial charge is 0.478 e. The minimum atomic E-state index is -0.481. The Hall–Kier alpha value is -2.35. The van der Waals surface area contributed by atoms with Gasteiger partial charge < -0.3 is 9.64 Å². The van der Waals surface area contributed by atoms with E-state index in [4.69, 9.17) is 4.74 Å². The van der Waals surface area contributed by atoms with E-state index in [0.717, 1.165) is 11.5 Å². The van der Waals surface area contributed by atoms with E-state index < -0.39 is 5.43 Å². The fourth-order valence-electron chi connectivity index (χ4n) is 2.52. The summed E-state index contributed by atoms with van der Waals surface area (Å²) in [6.45, 7) is 3.30. The molecule has 132 valence electrons. The van der Waals surface area contributed by atoms with Crippen LogP contribution in [0.4, 0.5) is 4.39 Å². The number of ether oxygens (including phenoxy) is 1. The molecule has 0 saturated carbocycles. The number of hydrogen-bond donors (Lipinski definition) is 0. The van der Waals surface area contributed by atoms with Crippen molar-refractivity contribution in [3.05, 3.63) is 52.1 Å². The van der Waals surface area contributed by atoms with Gasteiger partial charge in [-0.1, -0.05) is 0 Å². The van der Waals surface area contributed by atoms with Gasteiger partial charge in [-0.2, -0.15) is 16.9 Å². The van der Waals surface area contributed by atoms with E-state index in [1.807, 2.05) is 0 Å². The zero-order valence-corrected chi connectivity index (χ0v) is 14.6. The fraction of sp³-hybridized carbons (Fsp3) is 0.353. The zero-order valence-electron chi connectivity index (χ0n) is 13.8. The average molecular weight is 363 g/mol. The highest BCUT2D eigenvalue weighted by molar-refractivity contribution is 7.99. The van der Waals surface area contributed by atoms with Crippen molar-refractivity contribution < 1.29 is 13.9 Å². The Kier molecular flexibility index (Phi) is 5.37. The van der Waals surface area contributed by atoms with Crippen LogP contribution in [0.5, 0.6) is 5.88 Å². The standard InChI is InChI=1S/C17H18FN3O3S/c1-2-24-15-11-14(22)16(17(23)20-7-9-25-10-8-20)19-21(15)13-5-3-12(18)4-6-13/h3-6,11H,2,7-10H2,1H3. The minimum Gasteiger partial charge on any atom is -0.478 e. The van der Waals surface area contributed by atoms with Crippen molar-refractivity contribution in [2.24, 2.45) is 0 Å². The van der Waals surface area contributed by atoms with Crippen molar-refractivity contribution in [3.8, 4) is 11.6 Å². The van der Waals surface area contributed by atoms with Crippen molar-refractivity contribution >= 4 is 17.7 Å². The lowest BCUT2D eigenvalue weighted by molar-refractivity contribution is 0.0762. The second-order valence-electron chi connectivity index (χ2n) is 5.42. The molecule has 6 nitrogen and oxygen atoms in total. The van der Waals surface area contributed by atoms with Crippen LogP contribution in [-0.4, -0.2) is 51.8 Å². The third-order valence-corrected chi connectivity index (χ3v) is 4.70. The Bertz CT molecular complexity index is 817. The lowest BCUT2D eigenvalue weighted by Crippen LogP contribution is -2.41. The number of halogens is 1. The van der Waals surface area contributed by atoms with Gasteiger partial charge in [0, 0.05) is 24.6 Å². The molecule has 3 rings (SSSR count). The first-order valence-electron chi connectivity index (χ1n) is 8.00. The molecule has 1 aliphatic rings. The van der Waals surface area contributed by atoms with Gasteiger partial charge in [-0.25, -0.2) is 9.07 Å². The summed E-state index contributed by atoms with van der Waals surface area (Å²) in [7, 11) is 0. The third kappa shape index (κ3) is 3.84. The van der Waals surface area contributed by atoms with E-state index in [9.17, 15) is 14.0 Å². The molecule has 0 aliphatic carbocycles. The SMILES string of the molecule is CCOc1cc(=O)c(C(=O)N2CCSCC2)nn1-c1ccc(F)cc1. The number of rotatable bonds is 4. The molecule has 2 aromatic rings. The van der Waals surface area contributed by atoms with Crippen LogP contribution in [0.2, 0.25) is 0 Å². The monoisotopic (exact) mass is 363 g/mol.